The molecule has 6 fully saturated rings. The number of aliphatic hydroxyl groups is 2. The number of ether oxygens (including phenoxy) is 3. The van der Waals surface area contributed by atoms with Crippen molar-refractivity contribution in [3.8, 4) is 0 Å². The Morgan fingerprint density at radius 3 is 2.56 bits per heavy atom. The molecule has 2 N–H and O–H groups in total. The molecule has 5 saturated carbocycles. The average Bonchev–Trinajstić information content (AvgIpc) is 3.16. The van der Waals surface area contributed by atoms with E-state index in [1.807, 2.05) is 0 Å². The van der Waals surface area contributed by atoms with E-state index in [0.29, 0.717) is 12.8 Å². The van der Waals surface area contributed by atoms with E-state index in [0.717, 1.165) is 32.4 Å². The molecule has 32 heavy (non-hydrogen) atoms. The largest absolute Gasteiger partial charge is 0.462 e. The van der Waals surface area contributed by atoms with Crippen molar-refractivity contribution in [2.45, 2.75) is 88.4 Å². The smallest absolute Gasteiger partial charge is 0.302 e. The predicted molar refractivity (Wildman–Crippen MR) is 116 cm³/mol. The molecule has 5 aliphatic carbocycles. The molecule has 0 amide bonds. The van der Waals surface area contributed by atoms with Crippen LogP contribution in [0.15, 0.2) is 0 Å². The van der Waals surface area contributed by atoms with Crippen LogP contribution in [0.2, 0.25) is 0 Å². The van der Waals surface area contributed by atoms with Crippen molar-refractivity contribution in [1.29, 1.82) is 0 Å². The van der Waals surface area contributed by atoms with Gasteiger partial charge in [-0.25, -0.2) is 0 Å². The topological polar surface area (TPSA) is 88.5 Å². The Kier molecular flexibility index (Phi) is 4.41. The molecule has 1 unspecified atom stereocenters. The van der Waals surface area contributed by atoms with Gasteiger partial charge in [0, 0.05) is 57.4 Å². The minimum absolute atomic E-state index is 0.00468. The number of rotatable bonds is 4. The molecule has 12 atom stereocenters. The van der Waals surface area contributed by atoms with Gasteiger partial charge in [0.15, 0.2) is 0 Å². The van der Waals surface area contributed by atoms with Gasteiger partial charge < -0.3 is 24.4 Å². The highest BCUT2D eigenvalue weighted by Gasteiger charge is 2.88. The van der Waals surface area contributed by atoms with Gasteiger partial charge in [-0.3, -0.25) is 9.69 Å². The summed E-state index contributed by atoms with van der Waals surface area (Å²) < 4.78 is 18.0. The van der Waals surface area contributed by atoms with Crippen LogP contribution in [0.3, 0.4) is 0 Å². The van der Waals surface area contributed by atoms with E-state index in [1.54, 1.807) is 14.2 Å². The molecule has 0 aromatic rings. The highest BCUT2D eigenvalue weighted by molar-refractivity contribution is 5.66. The molecular weight excluding hydrogens is 410 g/mol. The summed E-state index contributed by atoms with van der Waals surface area (Å²) in [6.07, 6.45) is 3.03. The lowest BCUT2D eigenvalue weighted by Gasteiger charge is -2.71. The van der Waals surface area contributed by atoms with E-state index >= 15 is 0 Å². The summed E-state index contributed by atoms with van der Waals surface area (Å²) >= 11 is 0. The first-order valence-electron chi connectivity index (χ1n) is 12.5. The molecule has 1 heterocycles. The maximum absolute atomic E-state index is 13.0. The van der Waals surface area contributed by atoms with Gasteiger partial charge in [-0.05, 0) is 43.6 Å². The third-order valence-electron chi connectivity index (χ3n) is 11.3. The summed E-state index contributed by atoms with van der Waals surface area (Å²) in [4.78, 5) is 14.7. The second kappa shape index (κ2) is 6.48. The molecule has 6 rings (SSSR count). The fourth-order valence-corrected chi connectivity index (χ4v) is 10.7. The highest BCUT2D eigenvalue weighted by atomic mass is 16.6. The van der Waals surface area contributed by atoms with Gasteiger partial charge in [0.25, 0.3) is 0 Å². The lowest BCUT2D eigenvalue weighted by molar-refractivity contribution is -0.324. The number of esters is 1. The van der Waals surface area contributed by atoms with Crippen LogP contribution >= 0.6 is 0 Å². The van der Waals surface area contributed by atoms with Crippen LogP contribution in [0.25, 0.3) is 0 Å². The lowest BCUT2D eigenvalue weighted by atomic mass is 9.41. The summed E-state index contributed by atoms with van der Waals surface area (Å²) in [5, 5.41) is 25.5. The maximum atomic E-state index is 13.0. The number of piperidine rings is 1. The molecule has 1 spiro atoms. The van der Waals surface area contributed by atoms with Crippen molar-refractivity contribution >= 4 is 5.97 Å². The van der Waals surface area contributed by atoms with Crippen molar-refractivity contribution in [1.82, 2.24) is 4.90 Å². The van der Waals surface area contributed by atoms with Crippen LogP contribution in [0.5, 0.6) is 0 Å². The number of hydrogen-bond acceptors (Lipinski definition) is 7. The fraction of sp³-hybridized carbons (Fsp3) is 0.960. The Balaban J connectivity index is 1.62. The molecule has 7 heteroatoms. The van der Waals surface area contributed by atoms with Gasteiger partial charge in [0.1, 0.15) is 6.10 Å². The number of carbonyl (C=O) groups excluding carboxylic acids is 1. The molecule has 1 saturated heterocycles. The second-order valence-corrected chi connectivity index (χ2v) is 12.1. The second-order valence-electron chi connectivity index (χ2n) is 12.1. The van der Waals surface area contributed by atoms with Crippen LogP contribution in [-0.4, -0.2) is 83.9 Å². The maximum Gasteiger partial charge on any atom is 0.302 e. The van der Waals surface area contributed by atoms with Gasteiger partial charge in [-0.1, -0.05) is 13.8 Å². The zero-order valence-electron chi connectivity index (χ0n) is 20.0. The fourth-order valence-electron chi connectivity index (χ4n) is 10.7. The molecule has 7 bridgehead atoms. The Bertz CT molecular complexity index is 837. The third kappa shape index (κ3) is 2.11. The lowest BCUT2D eigenvalue weighted by Crippen LogP contribution is -2.81. The first-order valence-corrected chi connectivity index (χ1v) is 12.5. The Labute approximate surface area is 190 Å². The minimum Gasteiger partial charge on any atom is -0.462 e. The highest BCUT2D eigenvalue weighted by Crippen LogP contribution is 2.80. The number of methoxy groups -OCH3 is 2. The molecular formula is C25H39NO6. The summed E-state index contributed by atoms with van der Waals surface area (Å²) in [5.41, 5.74) is -2.69. The van der Waals surface area contributed by atoms with Crippen LogP contribution in [0, 0.1) is 34.5 Å². The molecule has 0 radical (unpaired) electrons. The first kappa shape index (κ1) is 21.8. The quantitative estimate of drug-likeness (QED) is 0.630. The Morgan fingerprint density at radius 1 is 1.19 bits per heavy atom. The number of nitrogens with zero attached hydrogens (tertiary/aromatic N) is 1. The monoisotopic (exact) mass is 449 g/mol. The van der Waals surface area contributed by atoms with Crippen LogP contribution in [-0.2, 0) is 19.0 Å². The van der Waals surface area contributed by atoms with Crippen molar-refractivity contribution in [3.63, 3.8) is 0 Å². The van der Waals surface area contributed by atoms with Crippen molar-refractivity contribution < 1.29 is 29.2 Å². The number of likely N-dealkylation sites (tertiary alicyclic amines) is 1. The summed E-state index contributed by atoms with van der Waals surface area (Å²) in [5.74, 6) is -0.687. The SMILES string of the molecule is CCN1C[C@]2(C)CC[C@H](OC)[C@]34C1[C@H](C[C@H]23)[C@@]1(O)C[C@H](OC)[C@H]2C[C@]4(O)[C@@H]1[C@H]2OC(C)=O. The third-order valence-corrected chi connectivity index (χ3v) is 11.3. The van der Waals surface area contributed by atoms with E-state index in [9.17, 15) is 15.0 Å². The summed E-state index contributed by atoms with van der Waals surface area (Å²) in [6.45, 7) is 7.92. The van der Waals surface area contributed by atoms with Crippen LogP contribution < -0.4 is 0 Å². The Hall–Kier alpha value is -0.730. The van der Waals surface area contributed by atoms with Crippen LogP contribution in [0.1, 0.15) is 52.9 Å². The molecule has 6 aliphatic rings. The molecule has 0 aromatic heterocycles. The normalized spacial score (nSPS) is 59.8. The van der Waals surface area contributed by atoms with Gasteiger partial charge in [0.05, 0.1) is 29.3 Å². The molecule has 180 valence electrons. The average molecular weight is 450 g/mol. The van der Waals surface area contributed by atoms with E-state index < -0.39 is 28.6 Å². The number of carbonyl (C=O) groups is 1. The zero-order valence-corrected chi connectivity index (χ0v) is 20.0. The van der Waals surface area contributed by atoms with Gasteiger partial charge in [-0.15, -0.1) is 0 Å². The summed E-state index contributed by atoms with van der Waals surface area (Å²) in [7, 11) is 3.46. The van der Waals surface area contributed by atoms with E-state index in [-0.39, 0.29) is 47.4 Å². The van der Waals surface area contributed by atoms with Crippen LogP contribution in [0.4, 0.5) is 0 Å². The van der Waals surface area contributed by atoms with Gasteiger partial charge >= 0.3 is 5.97 Å². The van der Waals surface area contributed by atoms with Gasteiger partial charge in [-0.2, -0.15) is 0 Å². The molecule has 7 nitrogen and oxygen atoms in total. The van der Waals surface area contributed by atoms with E-state index in [2.05, 4.69) is 18.7 Å². The minimum atomic E-state index is -1.17. The molecule has 0 aromatic carbocycles. The number of fused-ring (bicyclic) bond motifs is 2. The predicted octanol–water partition coefficient (Wildman–Crippen LogP) is 1.59. The van der Waals surface area contributed by atoms with Crippen molar-refractivity contribution in [2.24, 2.45) is 34.5 Å². The Morgan fingerprint density at radius 2 is 1.94 bits per heavy atom. The van der Waals surface area contributed by atoms with E-state index in [1.165, 1.54) is 6.92 Å². The zero-order chi connectivity index (χ0) is 22.8. The first-order chi connectivity index (χ1) is 15.1. The number of hydrogen-bond donors (Lipinski definition) is 2. The van der Waals surface area contributed by atoms with Gasteiger partial charge in [0.2, 0.25) is 0 Å². The van der Waals surface area contributed by atoms with Crippen molar-refractivity contribution in [3.05, 3.63) is 0 Å². The summed E-state index contributed by atoms with van der Waals surface area (Å²) in [6, 6.07) is 0.0643. The molecule has 1 aliphatic heterocycles. The van der Waals surface area contributed by atoms with E-state index in [4.69, 9.17) is 14.2 Å². The van der Waals surface area contributed by atoms with Crippen molar-refractivity contribution in [2.75, 3.05) is 27.3 Å². The standard InChI is InChI=1S/C25H39NO6/c1-6-26-12-22(3)8-7-18(31-5)25-17(22)9-15(21(25)26)23(28)11-16(30-4)14-10-24(25,29)20(23)19(14)32-13(2)27/h14-21,28-29H,6-12H2,1-5H3/t14-,15+,16+,17-,18+,19+,20-,21?,22+,23+,24+,25+/m1/s1.